The van der Waals surface area contributed by atoms with E-state index in [-0.39, 0.29) is 5.91 Å². The van der Waals surface area contributed by atoms with Crippen LogP contribution in [0, 0.1) is 0 Å². The number of benzene rings is 2. The number of nitrogens with zero attached hydrogens (tertiary/aromatic N) is 3. The van der Waals surface area contributed by atoms with E-state index in [9.17, 15) is 9.59 Å². The zero-order chi connectivity index (χ0) is 21.7. The SMILES string of the molecule is CC(=O)Oc1cnc(Cc2ccc(NC(=O)c3ccc(Br)cc3)cc2)nc1N(C)C. The quantitative estimate of drug-likeness (QED) is 0.548. The molecule has 3 rings (SSSR count). The number of aromatic nitrogens is 2. The molecule has 0 aliphatic heterocycles. The lowest BCUT2D eigenvalue weighted by atomic mass is 10.1. The highest BCUT2D eigenvalue weighted by Gasteiger charge is 2.13. The fraction of sp³-hybridized carbons (Fsp3) is 0.182. The van der Waals surface area contributed by atoms with E-state index in [1.165, 1.54) is 13.1 Å². The summed E-state index contributed by atoms with van der Waals surface area (Å²) in [7, 11) is 3.64. The van der Waals surface area contributed by atoms with E-state index in [2.05, 4.69) is 31.2 Å². The number of halogens is 1. The summed E-state index contributed by atoms with van der Waals surface area (Å²) >= 11 is 3.36. The summed E-state index contributed by atoms with van der Waals surface area (Å²) in [6.07, 6.45) is 2.01. The van der Waals surface area contributed by atoms with E-state index in [4.69, 9.17) is 4.74 Å². The Morgan fingerprint density at radius 2 is 1.73 bits per heavy atom. The average molecular weight is 469 g/mol. The minimum absolute atomic E-state index is 0.171. The predicted molar refractivity (Wildman–Crippen MR) is 119 cm³/mol. The fourth-order valence-electron chi connectivity index (χ4n) is 2.72. The number of anilines is 2. The summed E-state index contributed by atoms with van der Waals surface area (Å²) in [5.74, 6) is 0.863. The Kier molecular flexibility index (Phi) is 6.79. The summed E-state index contributed by atoms with van der Waals surface area (Å²) in [5, 5.41) is 2.88. The Bertz CT molecular complexity index is 1050. The molecule has 1 amide bonds. The molecule has 0 unspecified atom stereocenters. The lowest BCUT2D eigenvalue weighted by Crippen LogP contribution is -2.16. The first kappa shape index (κ1) is 21.4. The van der Waals surface area contributed by atoms with E-state index < -0.39 is 5.97 Å². The number of amides is 1. The van der Waals surface area contributed by atoms with Crippen LogP contribution in [0.3, 0.4) is 0 Å². The molecule has 7 nitrogen and oxygen atoms in total. The van der Waals surface area contributed by atoms with E-state index >= 15 is 0 Å². The Hall–Kier alpha value is -3.26. The van der Waals surface area contributed by atoms with Crippen LogP contribution in [-0.2, 0) is 11.2 Å². The van der Waals surface area contributed by atoms with Crippen LogP contribution in [0.5, 0.6) is 5.75 Å². The lowest BCUT2D eigenvalue weighted by molar-refractivity contribution is -0.131. The van der Waals surface area contributed by atoms with E-state index in [0.717, 1.165) is 10.0 Å². The van der Waals surface area contributed by atoms with Gasteiger partial charge in [0.15, 0.2) is 11.6 Å². The van der Waals surface area contributed by atoms with E-state index in [1.807, 2.05) is 50.5 Å². The van der Waals surface area contributed by atoms with Gasteiger partial charge in [0.25, 0.3) is 5.91 Å². The van der Waals surface area contributed by atoms with Gasteiger partial charge in [0.05, 0.1) is 6.20 Å². The van der Waals surface area contributed by atoms with Gasteiger partial charge >= 0.3 is 5.97 Å². The first-order valence-corrected chi connectivity index (χ1v) is 9.98. The van der Waals surface area contributed by atoms with Crippen LogP contribution in [0.4, 0.5) is 11.5 Å². The Morgan fingerprint density at radius 1 is 1.07 bits per heavy atom. The largest absolute Gasteiger partial charge is 0.421 e. The summed E-state index contributed by atoms with van der Waals surface area (Å²) in [4.78, 5) is 34.1. The molecule has 2 aromatic carbocycles. The third kappa shape index (κ3) is 5.64. The lowest BCUT2D eigenvalue weighted by Gasteiger charge is -2.16. The first-order valence-electron chi connectivity index (χ1n) is 9.19. The minimum atomic E-state index is -0.421. The van der Waals surface area contributed by atoms with Crippen molar-refractivity contribution in [3.05, 3.63) is 76.2 Å². The topological polar surface area (TPSA) is 84.4 Å². The Balaban J connectivity index is 1.69. The second-order valence-corrected chi connectivity index (χ2v) is 7.71. The predicted octanol–water partition coefficient (Wildman–Crippen LogP) is 4.07. The van der Waals surface area contributed by atoms with Crippen molar-refractivity contribution in [3.63, 3.8) is 0 Å². The zero-order valence-corrected chi connectivity index (χ0v) is 18.4. The number of carbonyl (C=O) groups is 2. The third-order valence-electron chi connectivity index (χ3n) is 4.14. The van der Waals surface area contributed by atoms with Crippen LogP contribution in [0.25, 0.3) is 0 Å². The van der Waals surface area contributed by atoms with Crippen molar-refractivity contribution in [1.82, 2.24) is 9.97 Å². The summed E-state index contributed by atoms with van der Waals surface area (Å²) in [5.41, 5.74) is 2.27. The normalized spacial score (nSPS) is 10.4. The number of ether oxygens (including phenoxy) is 1. The van der Waals surface area contributed by atoms with Gasteiger partial charge in [-0.1, -0.05) is 28.1 Å². The molecule has 154 valence electrons. The molecular weight excluding hydrogens is 448 g/mol. The maximum Gasteiger partial charge on any atom is 0.308 e. The molecule has 0 atom stereocenters. The van der Waals surface area contributed by atoms with Crippen molar-refractivity contribution >= 4 is 39.3 Å². The molecule has 3 aromatic rings. The smallest absolute Gasteiger partial charge is 0.308 e. The summed E-state index contributed by atoms with van der Waals surface area (Å²) in [6.45, 7) is 1.34. The summed E-state index contributed by atoms with van der Waals surface area (Å²) in [6, 6.07) is 14.7. The van der Waals surface area contributed by atoms with Gasteiger partial charge in [-0.05, 0) is 42.0 Å². The minimum Gasteiger partial charge on any atom is -0.421 e. The fourth-order valence-corrected chi connectivity index (χ4v) is 2.99. The molecule has 1 heterocycles. The molecule has 8 heteroatoms. The van der Waals surface area contributed by atoms with Gasteiger partial charge in [-0.25, -0.2) is 9.97 Å². The maximum atomic E-state index is 12.3. The Labute approximate surface area is 183 Å². The van der Waals surface area contributed by atoms with E-state index in [1.54, 1.807) is 17.0 Å². The first-order chi connectivity index (χ1) is 14.3. The van der Waals surface area contributed by atoms with Gasteiger partial charge in [-0.2, -0.15) is 0 Å². The van der Waals surface area contributed by atoms with Crippen molar-refractivity contribution in [1.29, 1.82) is 0 Å². The van der Waals surface area contributed by atoms with Crippen molar-refractivity contribution < 1.29 is 14.3 Å². The van der Waals surface area contributed by atoms with Gasteiger partial charge in [0, 0.05) is 43.2 Å². The molecule has 0 spiro atoms. The van der Waals surface area contributed by atoms with Crippen LogP contribution >= 0.6 is 15.9 Å². The van der Waals surface area contributed by atoms with Crippen molar-refractivity contribution in [3.8, 4) is 5.75 Å². The molecule has 0 fully saturated rings. The number of rotatable bonds is 6. The molecule has 0 aliphatic rings. The molecule has 0 bridgehead atoms. The summed E-state index contributed by atoms with van der Waals surface area (Å²) < 4.78 is 6.08. The van der Waals surface area contributed by atoms with E-state index in [0.29, 0.717) is 35.1 Å². The van der Waals surface area contributed by atoms with Crippen molar-refractivity contribution in [2.45, 2.75) is 13.3 Å². The zero-order valence-electron chi connectivity index (χ0n) is 16.8. The molecule has 0 saturated heterocycles. The monoisotopic (exact) mass is 468 g/mol. The number of hydrogen-bond donors (Lipinski definition) is 1. The number of esters is 1. The molecule has 1 aromatic heterocycles. The van der Waals surface area contributed by atoms with Crippen LogP contribution in [0.2, 0.25) is 0 Å². The number of hydrogen-bond acceptors (Lipinski definition) is 6. The molecule has 0 radical (unpaired) electrons. The number of carbonyl (C=O) groups excluding carboxylic acids is 2. The molecule has 1 N–H and O–H groups in total. The van der Waals surface area contributed by atoms with Crippen LogP contribution in [0.1, 0.15) is 28.7 Å². The van der Waals surface area contributed by atoms with Gasteiger partial charge in [0.1, 0.15) is 5.82 Å². The molecule has 30 heavy (non-hydrogen) atoms. The Morgan fingerprint density at radius 3 is 2.33 bits per heavy atom. The third-order valence-corrected chi connectivity index (χ3v) is 4.67. The van der Waals surface area contributed by atoms with Gasteiger partial charge in [-0.15, -0.1) is 0 Å². The number of nitrogens with one attached hydrogen (secondary N) is 1. The standard InChI is InChI=1S/C22H21BrN4O3/c1-14(28)30-19-13-24-20(26-21(19)27(2)3)12-15-4-10-18(11-5-15)25-22(29)16-6-8-17(23)9-7-16/h4-11,13H,12H2,1-3H3,(H,25,29). The molecule has 0 saturated carbocycles. The van der Waals surface area contributed by atoms with Crippen LogP contribution < -0.4 is 15.0 Å². The average Bonchev–Trinajstić information content (AvgIpc) is 2.70. The van der Waals surface area contributed by atoms with Crippen LogP contribution in [0.15, 0.2) is 59.2 Å². The van der Waals surface area contributed by atoms with Crippen molar-refractivity contribution in [2.75, 3.05) is 24.3 Å². The van der Waals surface area contributed by atoms with Crippen molar-refractivity contribution in [2.24, 2.45) is 0 Å². The van der Waals surface area contributed by atoms with Gasteiger partial charge in [-0.3, -0.25) is 9.59 Å². The molecular formula is C22H21BrN4O3. The highest BCUT2D eigenvalue weighted by atomic mass is 79.9. The second-order valence-electron chi connectivity index (χ2n) is 6.80. The highest BCUT2D eigenvalue weighted by molar-refractivity contribution is 9.10. The molecule has 0 aliphatic carbocycles. The van der Waals surface area contributed by atoms with Gasteiger partial charge in [0.2, 0.25) is 0 Å². The van der Waals surface area contributed by atoms with Gasteiger partial charge < -0.3 is 15.0 Å². The van der Waals surface area contributed by atoms with Crippen LogP contribution in [-0.4, -0.2) is 35.9 Å². The maximum absolute atomic E-state index is 12.3. The highest BCUT2D eigenvalue weighted by Crippen LogP contribution is 2.24. The second kappa shape index (κ2) is 9.49.